The Morgan fingerprint density at radius 2 is 1.76 bits per heavy atom. The molecular formula is C30H47NO10S. The Labute approximate surface area is 248 Å². The smallest absolute Gasteiger partial charge is 0.331 e. The number of hydrogen-bond donors (Lipinski definition) is 5. The fourth-order valence-electron chi connectivity index (χ4n) is 10.3. The van der Waals surface area contributed by atoms with Gasteiger partial charge in [0.05, 0.1) is 11.4 Å². The molecule has 0 radical (unpaired) electrons. The first-order valence-electron chi connectivity index (χ1n) is 15.5. The lowest BCUT2D eigenvalue weighted by Crippen LogP contribution is -2.63. The van der Waals surface area contributed by atoms with E-state index in [2.05, 4.69) is 18.6 Å². The number of esters is 1. The Morgan fingerprint density at radius 1 is 1.00 bits per heavy atom. The topological polar surface area (TPSA) is 172 Å². The summed E-state index contributed by atoms with van der Waals surface area (Å²) in [7, 11) is -2.60. The van der Waals surface area contributed by atoms with Crippen molar-refractivity contribution >= 4 is 16.0 Å². The molecule has 6 aliphatic rings. The van der Waals surface area contributed by atoms with Gasteiger partial charge in [-0.05, 0) is 92.4 Å². The van der Waals surface area contributed by atoms with E-state index in [4.69, 9.17) is 14.2 Å². The summed E-state index contributed by atoms with van der Waals surface area (Å²) in [5.74, 6) is 0.165. The second-order valence-corrected chi connectivity index (χ2v) is 16.2. The van der Waals surface area contributed by atoms with Crippen LogP contribution in [0, 0.1) is 34.5 Å². The predicted molar refractivity (Wildman–Crippen MR) is 150 cm³/mol. The minimum Gasteiger partial charge on any atom is -0.458 e. The monoisotopic (exact) mass is 613 g/mol. The van der Waals surface area contributed by atoms with E-state index >= 15 is 0 Å². The number of sulfonamides is 1. The molecule has 12 heteroatoms. The summed E-state index contributed by atoms with van der Waals surface area (Å²) >= 11 is 0. The van der Waals surface area contributed by atoms with Gasteiger partial charge in [-0.1, -0.05) is 13.8 Å². The molecule has 11 nitrogen and oxygen atoms in total. The lowest BCUT2D eigenvalue weighted by Gasteiger charge is -2.63. The van der Waals surface area contributed by atoms with Gasteiger partial charge in [-0.3, -0.25) is 0 Å². The molecule has 0 aromatic rings. The van der Waals surface area contributed by atoms with Crippen molar-refractivity contribution in [1.29, 1.82) is 0 Å². The van der Waals surface area contributed by atoms with Crippen LogP contribution >= 0.6 is 0 Å². The molecule has 0 aromatic carbocycles. The molecule has 4 aliphatic carbocycles. The van der Waals surface area contributed by atoms with Gasteiger partial charge in [0.1, 0.15) is 31.0 Å². The second-order valence-electron chi connectivity index (χ2n) is 14.4. The van der Waals surface area contributed by atoms with Crippen LogP contribution in [0.1, 0.15) is 71.6 Å². The van der Waals surface area contributed by atoms with Crippen LogP contribution in [0.25, 0.3) is 0 Å². The van der Waals surface area contributed by atoms with Crippen LogP contribution in [0.4, 0.5) is 0 Å². The van der Waals surface area contributed by atoms with Crippen molar-refractivity contribution in [1.82, 2.24) is 4.72 Å². The highest BCUT2D eigenvalue weighted by atomic mass is 32.2. The van der Waals surface area contributed by atoms with Gasteiger partial charge >= 0.3 is 5.97 Å². The molecule has 5 fully saturated rings. The largest absolute Gasteiger partial charge is 0.458 e. The first-order chi connectivity index (χ1) is 19.7. The fraction of sp³-hybridized carbons (Fsp3) is 0.900. The first-order valence-corrected chi connectivity index (χ1v) is 17.2. The number of ether oxygens (including phenoxy) is 3. The number of carbonyl (C=O) groups excluding carboxylic acids is 1. The Hall–Kier alpha value is -1.12. The van der Waals surface area contributed by atoms with Crippen molar-refractivity contribution in [3.05, 3.63) is 11.6 Å². The highest BCUT2D eigenvalue weighted by Gasteiger charge is 2.67. The molecule has 238 valence electrons. The van der Waals surface area contributed by atoms with Crippen molar-refractivity contribution < 1.29 is 47.8 Å². The number of rotatable bonds is 6. The average Bonchev–Trinajstić information content (AvgIpc) is 3.48. The minimum absolute atomic E-state index is 0.000315. The van der Waals surface area contributed by atoms with Crippen LogP contribution < -0.4 is 4.72 Å². The number of hydrogen-bond acceptors (Lipinski definition) is 10. The Kier molecular flexibility index (Phi) is 7.91. The summed E-state index contributed by atoms with van der Waals surface area (Å²) in [6.07, 6.45) is 2.10. The zero-order valence-corrected chi connectivity index (χ0v) is 25.6. The van der Waals surface area contributed by atoms with E-state index in [1.165, 1.54) is 7.11 Å². The van der Waals surface area contributed by atoms with Crippen LogP contribution in [0.3, 0.4) is 0 Å². The highest BCUT2D eigenvalue weighted by molar-refractivity contribution is 7.89. The molecule has 6 rings (SSSR count). The normalized spacial score (nSPS) is 50.8. The Morgan fingerprint density at radius 3 is 2.45 bits per heavy atom. The summed E-state index contributed by atoms with van der Waals surface area (Å²) < 4.78 is 44.9. The zero-order chi connectivity index (χ0) is 30.2. The van der Waals surface area contributed by atoms with Crippen LogP contribution in [-0.4, -0.2) is 96.6 Å². The van der Waals surface area contributed by atoms with Gasteiger partial charge in [0.15, 0.2) is 6.29 Å². The number of fused-ring (bicyclic) bond motifs is 5. The fourth-order valence-corrected chi connectivity index (χ4v) is 11.8. The summed E-state index contributed by atoms with van der Waals surface area (Å²) in [5.41, 5.74) is -0.0563. The molecular weight excluding hydrogens is 566 g/mol. The Bertz CT molecular complexity index is 1210. The second kappa shape index (κ2) is 10.8. The van der Waals surface area contributed by atoms with Crippen LogP contribution in [0.2, 0.25) is 0 Å². The van der Waals surface area contributed by atoms with E-state index in [0.717, 1.165) is 50.5 Å². The van der Waals surface area contributed by atoms with Gasteiger partial charge in [0.2, 0.25) is 10.0 Å². The molecule has 0 spiro atoms. The summed E-state index contributed by atoms with van der Waals surface area (Å²) in [4.78, 5) is 11.8. The molecule has 4 saturated carbocycles. The maximum absolute atomic E-state index is 13.2. The molecule has 0 amide bonds. The lowest BCUT2D eigenvalue weighted by molar-refractivity contribution is -0.285. The molecule has 2 heterocycles. The molecule has 5 N–H and O–H groups in total. The average molecular weight is 614 g/mol. The summed E-state index contributed by atoms with van der Waals surface area (Å²) in [6.45, 7) is 4.89. The number of nitrogens with one attached hydrogen (secondary N) is 1. The van der Waals surface area contributed by atoms with Crippen molar-refractivity contribution in [2.45, 2.75) is 114 Å². The molecule has 13 unspecified atom stereocenters. The van der Waals surface area contributed by atoms with Crippen LogP contribution in [0.5, 0.6) is 0 Å². The van der Waals surface area contributed by atoms with Crippen LogP contribution in [0.15, 0.2) is 11.6 Å². The number of aliphatic hydroxyl groups is 4. The molecule has 42 heavy (non-hydrogen) atoms. The predicted octanol–water partition coefficient (Wildman–Crippen LogP) is 0.985. The van der Waals surface area contributed by atoms with E-state index in [1.807, 2.05) is 0 Å². The molecule has 0 bridgehead atoms. The summed E-state index contributed by atoms with van der Waals surface area (Å²) in [5, 5.41) is 42.9. The highest BCUT2D eigenvalue weighted by Crippen LogP contribution is 2.69. The third-order valence-electron chi connectivity index (χ3n) is 12.6. The number of aliphatic hydroxyl groups excluding tert-OH is 3. The van der Waals surface area contributed by atoms with E-state index in [9.17, 15) is 33.6 Å². The maximum Gasteiger partial charge on any atom is 0.331 e. The van der Waals surface area contributed by atoms with Gasteiger partial charge in [-0.2, -0.15) is 0 Å². The minimum atomic E-state index is -3.88. The van der Waals surface area contributed by atoms with Crippen LogP contribution in [-0.2, 0) is 29.0 Å². The number of carbonyl (C=O) groups is 1. The molecule has 13 atom stereocenters. The van der Waals surface area contributed by atoms with Crippen molar-refractivity contribution in [2.24, 2.45) is 34.5 Å². The molecule has 1 saturated heterocycles. The van der Waals surface area contributed by atoms with Crippen molar-refractivity contribution in [3.8, 4) is 0 Å². The van der Waals surface area contributed by atoms with Crippen molar-refractivity contribution in [2.75, 3.05) is 19.5 Å². The quantitative estimate of drug-likeness (QED) is 0.272. The SMILES string of the molecule is COC1OC(CS(=O)(=O)NC2CCC3(C)C(CCC4C3CCC3(C)C(C5=CC(=O)OC5)CCC43O)C2)C(O)C(O)C1O. The van der Waals surface area contributed by atoms with Gasteiger partial charge in [-0.25, -0.2) is 17.9 Å². The van der Waals surface area contributed by atoms with Crippen molar-refractivity contribution in [3.63, 3.8) is 0 Å². The lowest BCUT2D eigenvalue weighted by atomic mass is 9.43. The maximum atomic E-state index is 13.2. The third kappa shape index (κ3) is 4.79. The van der Waals surface area contributed by atoms with Gasteiger partial charge in [0.25, 0.3) is 0 Å². The van der Waals surface area contributed by atoms with E-state index in [1.54, 1.807) is 6.08 Å². The van der Waals surface area contributed by atoms with Gasteiger partial charge in [-0.15, -0.1) is 0 Å². The number of cyclic esters (lactones) is 1. The molecule has 2 aliphatic heterocycles. The standard InChI is InChI=1S/C30H47NO10S/c1-28-9-6-18(31-42(37,38)15-22-24(33)25(34)26(35)27(39-3)41-22)13-17(28)4-5-21-20(28)7-10-29(2)19(8-11-30(21,29)36)16-12-23(32)40-14-16/h12,17-22,24-27,31,33-36H,4-11,13-15H2,1-3H3. The zero-order valence-electron chi connectivity index (χ0n) is 24.8. The third-order valence-corrected chi connectivity index (χ3v) is 14.1. The summed E-state index contributed by atoms with van der Waals surface area (Å²) in [6, 6.07) is -0.251. The number of methoxy groups -OCH3 is 1. The van der Waals surface area contributed by atoms with Gasteiger partial charge < -0.3 is 34.6 Å². The first kappa shape index (κ1) is 30.9. The Balaban J connectivity index is 1.12. The van der Waals surface area contributed by atoms with E-state index < -0.39 is 52.1 Å². The van der Waals surface area contributed by atoms with E-state index in [-0.39, 0.29) is 34.7 Å². The van der Waals surface area contributed by atoms with E-state index in [0.29, 0.717) is 31.3 Å². The molecule has 0 aromatic heterocycles. The van der Waals surface area contributed by atoms with Gasteiger partial charge in [0, 0.05) is 24.6 Å².